The number of carbonyl (C=O) groups is 2. The van der Waals surface area contributed by atoms with Crippen molar-refractivity contribution in [2.45, 2.75) is 55.4 Å². The van der Waals surface area contributed by atoms with Gasteiger partial charge in [-0.2, -0.15) is 8.78 Å². The van der Waals surface area contributed by atoms with Crippen molar-refractivity contribution >= 4 is 40.2 Å². The number of ether oxygens (including phenoxy) is 1. The molecule has 11 heteroatoms. The molecule has 2 N–H and O–H groups in total. The van der Waals surface area contributed by atoms with Crippen LogP contribution in [0.5, 0.6) is 0 Å². The van der Waals surface area contributed by atoms with Gasteiger partial charge in [0.05, 0.1) is 29.4 Å². The Morgan fingerprint density at radius 3 is 2.75 bits per heavy atom. The van der Waals surface area contributed by atoms with Gasteiger partial charge in [0.2, 0.25) is 0 Å². The molecule has 1 aromatic heterocycles. The molecule has 1 aliphatic carbocycles. The standard InChI is InChI=1S/C25H31F2N3O4S2/c1-3-25(26,27)20-7-5-4-6-18(20)15-34-13-12-30(19-10-8-17(2)9-11-19)24(33)29-23-28-14-22(36-23)35-16-21(31)32/h3-7,14,17,19H,1,8-13,15-16H2,2H3,(H,31,32)(H,28,29,33). The Bertz CT molecular complexity index is 1040. The summed E-state index contributed by atoms with van der Waals surface area (Å²) in [5.41, 5.74) is 0.232. The van der Waals surface area contributed by atoms with Gasteiger partial charge in [0.15, 0.2) is 5.13 Å². The van der Waals surface area contributed by atoms with Gasteiger partial charge in [0.25, 0.3) is 5.92 Å². The second-order valence-electron chi connectivity index (χ2n) is 8.74. The number of aromatic nitrogens is 1. The molecule has 0 spiro atoms. The van der Waals surface area contributed by atoms with Gasteiger partial charge in [-0.25, -0.2) is 9.78 Å². The Balaban J connectivity index is 1.61. The Morgan fingerprint density at radius 1 is 1.33 bits per heavy atom. The lowest BCUT2D eigenvalue weighted by Gasteiger charge is -2.36. The van der Waals surface area contributed by atoms with Crippen molar-refractivity contribution in [3.05, 3.63) is 54.2 Å². The normalized spacial score (nSPS) is 18.0. The van der Waals surface area contributed by atoms with Gasteiger partial charge in [-0.15, -0.1) is 11.8 Å². The summed E-state index contributed by atoms with van der Waals surface area (Å²) in [6.45, 7) is 5.91. The SMILES string of the molecule is C=CC(F)(F)c1ccccc1COCCN(C(=O)Nc1ncc(SCC(=O)O)s1)C1CCC(C)CC1. The number of hydrogen-bond acceptors (Lipinski definition) is 6. The van der Waals surface area contributed by atoms with Gasteiger partial charge in [-0.3, -0.25) is 10.1 Å². The zero-order chi connectivity index (χ0) is 26.1. The van der Waals surface area contributed by atoms with Gasteiger partial charge < -0.3 is 14.7 Å². The first-order valence-electron chi connectivity index (χ1n) is 11.7. The van der Waals surface area contributed by atoms with E-state index in [1.54, 1.807) is 29.3 Å². The number of thioether (sulfide) groups is 1. The van der Waals surface area contributed by atoms with Crippen LogP contribution in [-0.4, -0.2) is 51.9 Å². The molecule has 2 aromatic rings. The number of thiazole rings is 1. The van der Waals surface area contributed by atoms with Crippen LogP contribution >= 0.6 is 23.1 Å². The van der Waals surface area contributed by atoms with E-state index >= 15 is 0 Å². The summed E-state index contributed by atoms with van der Waals surface area (Å²) >= 11 is 2.36. The van der Waals surface area contributed by atoms with Crippen LogP contribution < -0.4 is 5.32 Å². The number of nitrogens with one attached hydrogen (secondary N) is 1. The maximum Gasteiger partial charge on any atom is 0.323 e. The highest BCUT2D eigenvalue weighted by molar-refractivity contribution is 8.01. The first kappa shape index (κ1) is 28.1. The largest absolute Gasteiger partial charge is 0.481 e. The van der Waals surface area contributed by atoms with E-state index in [2.05, 4.69) is 23.8 Å². The summed E-state index contributed by atoms with van der Waals surface area (Å²) in [7, 11) is 0. The molecule has 0 aliphatic heterocycles. The van der Waals surface area contributed by atoms with Crippen LogP contribution in [-0.2, 0) is 22.1 Å². The number of hydrogen-bond donors (Lipinski definition) is 2. The summed E-state index contributed by atoms with van der Waals surface area (Å²) < 4.78 is 34.8. The summed E-state index contributed by atoms with van der Waals surface area (Å²) in [6.07, 6.45) is 5.95. The maximum absolute atomic E-state index is 14.2. The fraction of sp³-hybridized carbons (Fsp3) is 0.480. The minimum atomic E-state index is -3.15. The third-order valence-corrected chi connectivity index (χ3v) is 8.18. The number of alkyl halides is 2. The Labute approximate surface area is 217 Å². The molecular weight excluding hydrogens is 508 g/mol. The van der Waals surface area contributed by atoms with E-state index in [1.165, 1.54) is 17.4 Å². The van der Waals surface area contributed by atoms with Crippen molar-refractivity contribution < 1.29 is 28.2 Å². The molecule has 1 fully saturated rings. The summed E-state index contributed by atoms with van der Waals surface area (Å²) in [5, 5.41) is 12.1. The van der Waals surface area contributed by atoms with Gasteiger partial charge in [0.1, 0.15) is 0 Å². The van der Waals surface area contributed by atoms with Gasteiger partial charge in [0, 0.05) is 18.2 Å². The first-order chi connectivity index (χ1) is 17.2. The minimum absolute atomic E-state index is 0.00654. The van der Waals surface area contributed by atoms with E-state index in [9.17, 15) is 18.4 Å². The average Bonchev–Trinajstić information content (AvgIpc) is 3.31. The maximum atomic E-state index is 14.2. The van der Waals surface area contributed by atoms with Crippen LogP contribution in [0.25, 0.3) is 0 Å². The molecule has 7 nitrogen and oxygen atoms in total. The van der Waals surface area contributed by atoms with Crippen molar-refractivity contribution in [1.29, 1.82) is 0 Å². The zero-order valence-electron chi connectivity index (χ0n) is 20.1. The fourth-order valence-electron chi connectivity index (χ4n) is 4.11. The molecule has 0 atom stereocenters. The lowest BCUT2D eigenvalue weighted by Crippen LogP contribution is -2.46. The molecule has 36 heavy (non-hydrogen) atoms. The second-order valence-corrected chi connectivity index (χ2v) is 11.0. The van der Waals surface area contributed by atoms with E-state index in [-0.39, 0.29) is 36.6 Å². The van der Waals surface area contributed by atoms with Gasteiger partial charge >= 0.3 is 12.0 Å². The number of carboxylic acid groups (broad SMARTS) is 1. The zero-order valence-corrected chi connectivity index (χ0v) is 21.8. The number of allylic oxidation sites excluding steroid dienone is 1. The van der Waals surface area contributed by atoms with Crippen molar-refractivity contribution in [3.8, 4) is 0 Å². The Kier molecular flexibility index (Phi) is 10.3. The van der Waals surface area contributed by atoms with Crippen LogP contribution in [0.15, 0.2) is 47.3 Å². The number of urea groups is 1. The molecule has 1 saturated carbocycles. The monoisotopic (exact) mass is 539 g/mol. The molecule has 3 rings (SSSR count). The molecule has 1 aliphatic rings. The summed E-state index contributed by atoms with van der Waals surface area (Å²) in [4.78, 5) is 29.9. The smallest absolute Gasteiger partial charge is 0.323 e. The van der Waals surface area contributed by atoms with E-state index in [4.69, 9.17) is 9.84 Å². The topological polar surface area (TPSA) is 91.8 Å². The van der Waals surface area contributed by atoms with Crippen molar-refractivity contribution in [2.24, 2.45) is 5.92 Å². The highest BCUT2D eigenvalue weighted by Crippen LogP contribution is 2.32. The van der Waals surface area contributed by atoms with Crippen LogP contribution in [0.4, 0.5) is 18.7 Å². The quantitative estimate of drug-likeness (QED) is 0.189. The highest BCUT2D eigenvalue weighted by Gasteiger charge is 2.30. The number of aliphatic carboxylic acids is 1. The second kappa shape index (κ2) is 13.2. The number of amides is 2. The van der Waals surface area contributed by atoms with Crippen molar-refractivity contribution in [2.75, 3.05) is 24.2 Å². The van der Waals surface area contributed by atoms with Crippen LogP contribution in [0.3, 0.4) is 0 Å². The van der Waals surface area contributed by atoms with Crippen LogP contribution in [0.1, 0.15) is 43.7 Å². The molecule has 2 amide bonds. The highest BCUT2D eigenvalue weighted by atomic mass is 32.2. The van der Waals surface area contributed by atoms with Gasteiger partial charge in [-0.05, 0) is 43.2 Å². The molecule has 196 valence electrons. The predicted octanol–water partition coefficient (Wildman–Crippen LogP) is 6.23. The number of carbonyl (C=O) groups excluding carboxylic acids is 1. The lowest BCUT2D eigenvalue weighted by atomic mass is 9.86. The molecule has 0 unspecified atom stereocenters. The molecule has 0 bridgehead atoms. The fourth-order valence-corrected chi connectivity index (χ4v) is 5.69. The molecule has 1 heterocycles. The van der Waals surface area contributed by atoms with Crippen molar-refractivity contribution in [1.82, 2.24) is 9.88 Å². The number of halogens is 2. The number of benzene rings is 1. The Morgan fingerprint density at radius 2 is 2.06 bits per heavy atom. The molecule has 0 saturated heterocycles. The summed E-state index contributed by atoms with van der Waals surface area (Å²) in [6, 6.07) is 5.93. The third-order valence-electron chi connectivity index (χ3n) is 6.09. The number of anilines is 1. The molecule has 1 aromatic carbocycles. The number of nitrogens with zero attached hydrogens (tertiary/aromatic N) is 2. The van der Waals surface area contributed by atoms with Crippen molar-refractivity contribution in [3.63, 3.8) is 0 Å². The third kappa shape index (κ3) is 8.01. The van der Waals surface area contributed by atoms with E-state index in [0.29, 0.717) is 33.4 Å². The summed E-state index contributed by atoms with van der Waals surface area (Å²) in [5.74, 6) is -3.55. The average molecular weight is 540 g/mol. The Hall–Kier alpha value is -2.50. The predicted molar refractivity (Wildman–Crippen MR) is 138 cm³/mol. The van der Waals surface area contributed by atoms with E-state index < -0.39 is 11.9 Å². The number of rotatable bonds is 12. The lowest BCUT2D eigenvalue weighted by molar-refractivity contribution is -0.133. The van der Waals surface area contributed by atoms with Gasteiger partial charge in [-0.1, -0.05) is 49.1 Å². The number of carboxylic acids is 1. The van der Waals surface area contributed by atoms with Crippen LogP contribution in [0.2, 0.25) is 0 Å². The van der Waals surface area contributed by atoms with Crippen LogP contribution in [0, 0.1) is 5.92 Å². The molecule has 0 radical (unpaired) electrons. The first-order valence-corrected chi connectivity index (χ1v) is 13.6. The van der Waals surface area contributed by atoms with E-state index in [0.717, 1.165) is 37.4 Å². The minimum Gasteiger partial charge on any atom is -0.481 e. The van der Waals surface area contributed by atoms with E-state index in [1.807, 2.05) is 0 Å². The molecular formula is C25H31F2N3O4S2.